The maximum absolute atomic E-state index is 12.2. The number of ether oxygens (including phenoxy) is 1. The number of methoxy groups -OCH3 is 1. The third kappa shape index (κ3) is 4.58. The molecular formula is C18H24N2O3. The monoisotopic (exact) mass is 316 g/mol. The van der Waals surface area contributed by atoms with Crippen molar-refractivity contribution in [1.82, 2.24) is 10.3 Å². The lowest BCUT2D eigenvalue weighted by molar-refractivity contribution is -0.145. The zero-order valence-electron chi connectivity index (χ0n) is 13.9. The van der Waals surface area contributed by atoms with Crippen molar-refractivity contribution in [2.24, 2.45) is 5.92 Å². The number of carbonyl (C=O) groups excluding carboxylic acids is 2. The molecule has 5 heteroatoms. The molecule has 0 bridgehead atoms. The molecule has 0 fully saturated rings. The molecule has 0 radical (unpaired) electrons. The zero-order valence-corrected chi connectivity index (χ0v) is 13.9. The van der Waals surface area contributed by atoms with Crippen LogP contribution in [0, 0.1) is 5.92 Å². The predicted octanol–water partition coefficient (Wildman–Crippen LogP) is 2.80. The van der Waals surface area contributed by atoms with Crippen LogP contribution in [0.3, 0.4) is 0 Å². The molecule has 1 amide bonds. The van der Waals surface area contributed by atoms with Gasteiger partial charge in [0, 0.05) is 23.5 Å². The van der Waals surface area contributed by atoms with Crippen LogP contribution in [0.25, 0.3) is 10.9 Å². The first-order valence-electron chi connectivity index (χ1n) is 7.93. The molecule has 1 heterocycles. The van der Waals surface area contributed by atoms with Crippen molar-refractivity contribution in [2.75, 3.05) is 7.11 Å². The topological polar surface area (TPSA) is 71.2 Å². The normalized spacial score (nSPS) is 12.3. The van der Waals surface area contributed by atoms with Crippen molar-refractivity contribution in [2.45, 2.75) is 39.2 Å². The minimum absolute atomic E-state index is 0.133. The summed E-state index contributed by atoms with van der Waals surface area (Å²) >= 11 is 0. The summed E-state index contributed by atoms with van der Waals surface area (Å²) in [4.78, 5) is 27.1. The van der Waals surface area contributed by atoms with Crippen LogP contribution in [0.1, 0.15) is 32.3 Å². The molecule has 2 aromatic rings. The van der Waals surface area contributed by atoms with Gasteiger partial charge < -0.3 is 15.0 Å². The van der Waals surface area contributed by atoms with E-state index in [1.54, 1.807) is 0 Å². The number of nitrogens with one attached hydrogen (secondary N) is 2. The fourth-order valence-corrected chi connectivity index (χ4v) is 2.68. The summed E-state index contributed by atoms with van der Waals surface area (Å²) in [5, 5.41) is 3.92. The fraction of sp³-hybridized carbons (Fsp3) is 0.444. The molecule has 0 spiro atoms. The minimum Gasteiger partial charge on any atom is -0.467 e. The highest BCUT2D eigenvalue weighted by molar-refractivity contribution is 5.86. The van der Waals surface area contributed by atoms with Crippen molar-refractivity contribution in [3.63, 3.8) is 0 Å². The van der Waals surface area contributed by atoms with Gasteiger partial charge in [-0.1, -0.05) is 32.0 Å². The van der Waals surface area contributed by atoms with Gasteiger partial charge in [-0.3, -0.25) is 4.79 Å². The molecule has 0 saturated heterocycles. The molecule has 0 unspecified atom stereocenters. The lowest BCUT2D eigenvalue weighted by atomic mass is 10.0. The van der Waals surface area contributed by atoms with Crippen molar-refractivity contribution in [3.8, 4) is 0 Å². The maximum Gasteiger partial charge on any atom is 0.328 e. The summed E-state index contributed by atoms with van der Waals surface area (Å²) < 4.78 is 4.76. The Hall–Kier alpha value is -2.30. The molecule has 1 aromatic carbocycles. The number of aryl methyl sites for hydroxylation is 1. The van der Waals surface area contributed by atoms with Crippen LogP contribution in [0.5, 0.6) is 0 Å². The van der Waals surface area contributed by atoms with Gasteiger partial charge in [0.25, 0.3) is 0 Å². The average molecular weight is 316 g/mol. The van der Waals surface area contributed by atoms with Crippen molar-refractivity contribution in [1.29, 1.82) is 0 Å². The molecule has 2 rings (SSSR count). The summed E-state index contributed by atoms with van der Waals surface area (Å²) in [6, 6.07) is 7.43. The van der Waals surface area contributed by atoms with E-state index >= 15 is 0 Å². The third-order valence-corrected chi connectivity index (χ3v) is 3.82. The number of rotatable bonds is 7. The third-order valence-electron chi connectivity index (χ3n) is 3.82. The number of esters is 1. The lowest BCUT2D eigenvalue weighted by Gasteiger charge is -2.18. The van der Waals surface area contributed by atoms with E-state index in [-0.39, 0.29) is 11.9 Å². The summed E-state index contributed by atoms with van der Waals surface area (Å²) in [6.45, 7) is 4.02. The number of hydrogen-bond donors (Lipinski definition) is 2. The molecule has 0 aliphatic heterocycles. The van der Waals surface area contributed by atoms with E-state index in [0.717, 1.165) is 16.5 Å². The van der Waals surface area contributed by atoms with Crippen molar-refractivity contribution >= 4 is 22.8 Å². The summed E-state index contributed by atoms with van der Waals surface area (Å²) in [5.41, 5.74) is 2.17. The zero-order chi connectivity index (χ0) is 16.8. The molecule has 0 saturated carbocycles. The van der Waals surface area contributed by atoms with E-state index in [0.29, 0.717) is 25.2 Å². The second kappa shape index (κ2) is 7.81. The SMILES string of the molecule is COC(=O)[C@H](CC(C)C)NC(=O)CCc1c[nH]c2ccccc12. The van der Waals surface area contributed by atoms with Gasteiger partial charge in [0.15, 0.2) is 0 Å². The van der Waals surface area contributed by atoms with E-state index in [1.807, 2.05) is 44.3 Å². The van der Waals surface area contributed by atoms with Gasteiger partial charge in [0.05, 0.1) is 7.11 Å². The number of benzene rings is 1. The van der Waals surface area contributed by atoms with Crippen LogP contribution in [-0.2, 0) is 20.7 Å². The van der Waals surface area contributed by atoms with Crippen LogP contribution < -0.4 is 5.32 Å². The minimum atomic E-state index is -0.574. The molecule has 5 nitrogen and oxygen atoms in total. The van der Waals surface area contributed by atoms with E-state index in [4.69, 9.17) is 4.74 Å². The van der Waals surface area contributed by atoms with E-state index in [1.165, 1.54) is 7.11 Å². The van der Waals surface area contributed by atoms with Crippen LogP contribution in [0.2, 0.25) is 0 Å². The van der Waals surface area contributed by atoms with Gasteiger partial charge in [0.1, 0.15) is 6.04 Å². The Kier molecular flexibility index (Phi) is 5.79. The van der Waals surface area contributed by atoms with Crippen LogP contribution in [-0.4, -0.2) is 30.0 Å². The van der Waals surface area contributed by atoms with Gasteiger partial charge in [-0.15, -0.1) is 0 Å². The summed E-state index contributed by atoms with van der Waals surface area (Å²) in [7, 11) is 1.34. The predicted molar refractivity (Wildman–Crippen MR) is 90.0 cm³/mol. The highest BCUT2D eigenvalue weighted by atomic mass is 16.5. The first-order chi connectivity index (χ1) is 11.0. The molecule has 1 atom stereocenters. The molecule has 2 N–H and O–H groups in total. The first kappa shape index (κ1) is 17.1. The largest absolute Gasteiger partial charge is 0.467 e. The number of carbonyl (C=O) groups is 2. The maximum atomic E-state index is 12.2. The lowest BCUT2D eigenvalue weighted by Crippen LogP contribution is -2.42. The van der Waals surface area contributed by atoms with Gasteiger partial charge in [0.2, 0.25) is 5.91 Å². The molecule has 124 valence electrons. The first-order valence-corrected chi connectivity index (χ1v) is 7.93. The Morgan fingerprint density at radius 1 is 1.26 bits per heavy atom. The van der Waals surface area contributed by atoms with Crippen LogP contribution in [0.4, 0.5) is 0 Å². The Balaban J connectivity index is 1.94. The highest BCUT2D eigenvalue weighted by Crippen LogP contribution is 2.19. The van der Waals surface area contributed by atoms with Crippen LogP contribution >= 0.6 is 0 Å². The Labute approximate surface area is 136 Å². The number of aromatic nitrogens is 1. The second-order valence-electron chi connectivity index (χ2n) is 6.13. The standard InChI is InChI=1S/C18H24N2O3/c1-12(2)10-16(18(22)23-3)20-17(21)9-8-13-11-19-15-7-5-4-6-14(13)15/h4-7,11-12,16,19H,8-10H2,1-3H3,(H,20,21)/t16-/m0/s1. The quantitative estimate of drug-likeness (QED) is 0.772. The van der Waals surface area contributed by atoms with Crippen molar-refractivity contribution in [3.05, 3.63) is 36.0 Å². The highest BCUT2D eigenvalue weighted by Gasteiger charge is 2.22. The Morgan fingerprint density at radius 2 is 2.00 bits per heavy atom. The van der Waals surface area contributed by atoms with Gasteiger partial charge >= 0.3 is 5.97 Å². The fourth-order valence-electron chi connectivity index (χ4n) is 2.68. The Morgan fingerprint density at radius 3 is 2.70 bits per heavy atom. The number of H-pyrrole nitrogens is 1. The second-order valence-corrected chi connectivity index (χ2v) is 6.13. The molecule has 0 aliphatic rings. The molecule has 23 heavy (non-hydrogen) atoms. The number of amides is 1. The Bertz CT molecular complexity index is 676. The van der Waals surface area contributed by atoms with Crippen molar-refractivity contribution < 1.29 is 14.3 Å². The number of hydrogen-bond acceptors (Lipinski definition) is 3. The molecular weight excluding hydrogens is 292 g/mol. The van der Waals surface area contributed by atoms with E-state index in [2.05, 4.69) is 10.3 Å². The molecule has 1 aromatic heterocycles. The van der Waals surface area contributed by atoms with E-state index < -0.39 is 6.04 Å². The number of aromatic amines is 1. The van der Waals surface area contributed by atoms with Crippen LogP contribution in [0.15, 0.2) is 30.5 Å². The van der Waals surface area contributed by atoms with Gasteiger partial charge in [-0.25, -0.2) is 4.79 Å². The van der Waals surface area contributed by atoms with E-state index in [9.17, 15) is 9.59 Å². The van der Waals surface area contributed by atoms with Gasteiger partial charge in [-0.05, 0) is 30.4 Å². The smallest absolute Gasteiger partial charge is 0.328 e. The number of para-hydroxylation sites is 1. The number of fused-ring (bicyclic) bond motifs is 1. The summed E-state index contributed by atoms with van der Waals surface area (Å²) in [5.74, 6) is -0.224. The summed E-state index contributed by atoms with van der Waals surface area (Å²) in [6.07, 6.45) is 3.48. The van der Waals surface area contributed by atoms with Gasteiger partial charge in [-0.2, -0.15) is 0 Å². The molecule has 0 aliphatic carbocycles. The average Bonchev–Trinajstić information content (AvgIpc) is 2.94.